The first kappa shape index (κ1) is 11.5. The van der Waals surface area contributed by atoms with Crippen molar-refractivity contribution in [1.29, 1.82) is 0 Å². The van der Waals surface area contributed by atoms with E-state index in [9.17, 15) is 9.18 Å². The lowest BCUT2D eigenvalue weighted by Crippen LogP contribution is -2.34. The number of amides is 2. The second-order valence-electron chi connectivity index (χ2n) is 3.74. The number of hydrogen-bond donors (Lipinski definition) is 2. The van der Waals surface area contributed by atoms with Crippen molar-refractivity contribution in [2.24, 2.45) is 0 Å². The van der Waals surface area contributed by atoms with Crippen LogP contribution in [0.3, 0.4) is 0 Å². The van der Waals surface area contributed by atoms with Gasteiger partial charge in [0, 0.05) is 6.04 Å². The highest BCUT2D eigenvalue weighted by Gasteiger charge is 2.07. The van der Waals surface area contributed by atoms with Crippen LogP contribution in [0.15, 0.2) is 18.2 Å². The van der Waals surface area contributed by atoms with Gasteiger partial charge in [0.05, 0.1) is 5.69 Å². The monoisotopic (exact) mass is 210 g/mol. The lowest BCUT2D eigenvalue weighted by atomic mass is 10.2. The molecule has 2 amide bonds. The molecule has 0 aliphatic carbocycles. The molecule has 0 aromatic heterocycles. The third kappa shape index (κ3) is 3.58. The van der Waals surface area contributed by atoms with Gasteiger partial charge in [-0.1, -0.05) is 6.07 Å². The fraction of sp³-hybridized carbons (Fsp3) is 0.364. The van der Waals surface area contributed by atoms with Crippen molar-refractivity contribution >= 4 is 11.7 Å². The summed E-state index contributed by atoms with van der Waals surface area (Å²) in [6.07, 6.45) is 0. The van der Waals surface area contributed by atoms with Crippen LogP contribution in [0.2, 0.25) is 0 Å². The van der Waals surface area contributed by atoms with Crippen LogP contribution < -0.4 is 10.6 Å². The van der Waals surface area contributed by atoms with Crippen molar-refractivity contribution in [3.05, 3.63) is 29.6 Å². The SMILES string of the molecule is Cc1ccc(F)c(NC(=O)NC(C)C)c1. The number of rotatable bonds is 2. The maximum absolute atomic E-state index is 13.2. The molecule has 0 unspecified atom stereocenters. The number of benzene rings is 1. The fourth-order valence-corrected chi connectivity index (χ4v) is 1.16. The van der Waals surface area contributed by atoms with Gasteiger partial charge in [-0.05, 0) is 38.5 Å². The summed E-state index contributed by atoms with van der Waals surface area (Å²) in [6, 6.07) is 4.21. The molecule has 0 saturated heterocycles. The quantitative estimate of drug-likeness (QED) is 0.774. The summed E-state index contributed by atoms with van der Waals surface area (Å²) in [7, 11) is 0. The molecule has 1 aromatic carbocycles. The largest absolute Gasteiger partial charge is 0.336 e. The van der Waals surface area contributed by atoms with Gasteiger partial charge in [-0.3, -0.25) is 0 Å². The summed E-state index contributed by atoms with van der Waals surface area (Å²) in [5.41, 5.74) is 1.10. The minimum Gasteiger partial charge on any atom is -0.336 e. The van der Waals surface area contributed by atoms with Crippen molar-refractivity contribution in [3.8, 4) is 0 Å². The van der Waals surface area contributed by atoms with E-state index >= 15 is 0 Å². The molecule has 1 aromatic rings. The third-order valence-corrected chi connectivity index (χ3v) is 1.79. The Kier molecular flexibility index (Phi) is 3.66. The van der Waals surface area contributed by atoms with Crippen molar-refractivity contribution in [2.45, 2.75) is 26.8 Å². The van der Waals surface area contributed by atoms with Crippen molar-refractivity contribution < 1.29 is 9.18 Å². The Morgan fingerprint density at radius 2 is 2.07 bits per heavy atom. The molecule has 0 spiro atoms. The molecule has 0 aliphatic rings. The number of aryl methyl sites for hydroxylation is 1. The smallest absolute Gasteiger partial charge is 0.319 e. The average Bonchev–Trinajstić information content (AvgIpc) is 2.10. The summed E-state index contributed by atoms with van der Waals surface area (Å²) in [6.45, 7) is 5.52. The second-order valence-corrected chi connectivity index (χ2v) is 3.74. The lowest BCUT2D eigenvalue weighted by Gasteiger charge is -2.11. The van der Waals surface area contributed by atoms with Crippen molar-refractivity contribution in [3.63, 3.8) is 0 Å². The van der Waals surface area contributed by atoms with Crippen LogP contribution >= 0.6 is 0 Å². The van der Waals surface area contributed by atoms with Crippen LogP contribution in [-0.4, -0.2) is 12.1 Å². The van der Waals surface area contributed by atoms with Crippen LogP contribution in [0.4, 0.5) is 14.9 Å². The molecule has 0 aliphatic heterocycles. The topological polar surface area (TPSA) is 41.1 Å². The summed E-state index contributed by atoms with van der Waals surface area (Å²) >= 11 is 0. The van der Waals surface area contributed by atoms with Gasteiger partial charge in [-0.2, -0.15) is 0 Å². The number of halogens is 1. The zero-order valence-corrected chi connectivity index (χ0v) is 9.10. The molecular weight excluding hydrogens is 195 g/mol. The molecule has 2 N–H and O–H groups in total. The Morgan fingerprint density at radius 1 is 1.40 bits per heavy atom. The van der Waals surface area contributed by atoms with E-state index in [0.717, 1.165) is 5.56 Å². The molecule has 4 heteroatoms. The molecule has 0 bridgehead atoms. The van der Waals surface area contributed by atoms with Gasteiger partial charge < -0.3 is 10.6 Å². The molecule has 0 fully saturated rings. The first-order valence-corrected chi connectivity index (χ1v) is 4.82. The van der Waals surface area contributed by atoms with E-state index in [2.05, 4.69) is 10.6 Å². The summed E-state index contributed by atoms with van der Waals surface area (Å²) in [5, 5.41) is 5.08. The van der Waals surface area contributed by atoms with E-state index < -0.39 is 11.8 Å². The van der Waals surface area contributed by atoms with Gasteiger partial charge in [0.15, 0.2) is 0 Å². The van der Waals surface area contributed by atoms with E-state index in [1.807, 2.05) is 20.8 Å². The molecule has 0 heterocycles. The fourth-order valence-electron chi connectivity index (χ4n) is 1.16. The number of hydrogen-bond acceptors (Lipinski definition) is 1. The zero-order valence-electron chi connectivity index (χ0n) is 9.10. The summed E-state index contributed by atoms with van der Waals surface area (Å²) in [5.74, 6) is -0.431. The zero-order chi connectivity index (χ0) is 11.4. The Morgan fingerprint density at radius 3 is 2.67 bits per heavy atom. The van der Waals surface area contributed by atoms with Crippen molar-refractivity contribution in [2.75, 3.05) is 5.32 Å². The molecule has 0 atom stereocenters. The molecule has 15 heavy (non-hydrogen) atoms. The van der Waals surface area contributed by atoms with Gasteiger partial charge in [0.2, 0.25) is 0 Å². The first-order valence-electron chi connectivity index (χ1n) is 4.82. The van der Waals surface area contributed by atoms with Crippen molar-refractivity contribution in [1.82, 2.24) is 5.32 Å². The molecule has 82 valence electrons. The van der Waals surface area contributed by atoms with Gasteiger partial charge in [0.25, 0.3) is 0 Å². The van der Waals surface area contributed by atoms with E-state index in [1.165, 1.54) is 6.07 Å². The molecule has 0 radical (unpaired) electrons. The molecule has 3 nitrogen and oxygen atoms in total. The minimum atomic E-state index is -0.431. The average molecular weight is 210 g/mol. The van der Waals surface area contributed by atoms with E-state index in [4.69, 9.17) is 0 Å². The molecule has 0 saturated carbocycles. The lowest BCUT2D eigenvalue weighted by molar-refractivity contribution is 0.250. The van der Waals surface area contributed by atoms with Gasteiger partial charge in [-0.15, -0.1) is 0 Å². The van der Waals surface area contributed by atoms with E-state index in [0.29, 0.717) is 0 Å². The predicted octanol–water partition coefficient (Wildman–Crippen LogP) is 2.66. The van der Waals surface area contributed by atoms with E-state index in [1.54, 1.807) is 12.1 Å². The van der Waals surface area contributed by atoms with Crippen LogP contribution in [0.25, 0.3) is 0 Å². The number of carbonyl (C=O) groups excluding carboxylic acids is 1. The van der Waals surface area contributed by atoms with Crippen LogP contribution in [0, 0.1) is 12.7 Å². The van der Waals surface area contributed by atoms with Gasteiger partial charge >= 0.3 is 6.03 Å². The normalized spacial score (nSPS) is 10.2. The Balaban J connectivity index is 2.71. The number of carbonyl (C=O) groups is 1. The molecular formula is C11H15FN2O. The predicted molar refractivity (Wildman–Crippen MR) is 58.4 cm³/mol. The van der Waals surface area contributed by atoms with Crippen LogP contribution in [0.5, 0.6) is 0 Å². The highest BCUT2D eigenvalue weighted by Crippen LogP contribution is 2.15. The van der Waals surface area contributed by atoms with Gasteiger partial charge in [-0.25, -0.2) is 9.18 Å². The third-order valence-electron chi connectivity index (χ3n) is 1.79. The maximum Gasteiger partial charge on any atom is 0.319 e. The minimum absolute atomic E-state index is 0.0258. The maximum atomic E-state index is 13.2. The second kappa shape index (κ2) is 4.77. The number of urea groups is 1. The number of anilines is 1. The highest BCUT2D eigenvalue weighted by molar-refractivity contribution is 5.89. The van der Waals surface area contributed by atoms with E-state index in [-0.39, 0.29) is 11.7 Å². The summed E-state index contributed by atoms with van der Waals surface area (Å²) in [4.78, 5) is 11.3. The Labute approximate surface area is 88.7 Å². The summed E-state index contributed by atoms with van der Waals surface area (Å²) < 4.78 is 13.2. The standard InChI is InChI=1S/C11H15FN2O/c1-7(2)13-11(15)14-10-6-8(3)4-5-9(10)12/h4-7H,1-3H3,(H2,13,14,15). The molecule has 1 rings (SSSR count). The van der Waals surface area contributed by atoms with Crippen LogP contribution in [-0.2, 0) is 0 Å². The first-order chi connectivity index (χ1) is 6.99. The Bertz CT molecular complexity index is 364. The highest BCUT2D eigenvalue weighted by atomic mass is 19.1. The Hall–Kier alpha value is -1.58. The van der Waals surface area contributed by atoms with Gasteiger partial charge in [0.1, 0.15) is 5.82 Å². The van der Waals surface area contributed by atoms with Crippen LogP contribution in [0.1, 0.15) is 19.4 Å². The number of nitrogens with one attached hydrogen (secondary N) is 2.